The van der Waals surface area contributed by atoms with Crippen molar-refractivity contribution in [1.82, 2.24) is 4.57 Å². The van der Waals surface area contributed by atoms with Gasteiger partial charge < -0.3 is 8.99 Å². The highest BCUT2D eigenvalue weighted by Gasteiger charge is 2.39. The van der Waals surface area contributed by atoms with E-state index in [0.717, 1.165) is 0 Å². The van der Waals surface area contributed by atoms with Crippen molar-refractivity contribution in [3.8, 4) is 0 Å². The van der Waals surface area contributed by atoms with Gasteiger partial charge in [0, 0.05) is 7.11 Å². The van der Waals surface area contributed by atoms with Gasteiger partial charge in [0.15, 0.2) is 0 Å². The Balaban J connectivity index is 1.79. The first-order valence-corrected chi connectivity index (χ1v) is 13.6. The fourth-order valence-electron chi connectivity index (χ4n) is 4.07. The van der Waals surface area contributed by atoms with Crippen molar-refractivity contribution in [2.45, 2.75) is 116 Å². The third-order valence-electron chi connectivity index (χ3n) is 5.96. The topological polar surface area (TPSA) is 12.5 Å². The van der Waals surface area contributed by atoms with Gasteiger partial charge in [0.25, 0.3) is 8.48 Å². The zero-order chi connectivity index (χ0) is 17.5. The minimum atomic E-state index is -1.46. The second-order valence-electron chi connectivity index (χ2n) is 8.07. The molecule has 0 saturated carbocycles. The largest absolute Gasteiger partial charge is 0.406 e. The van der Waals surface area contributed by atoms with Crippen LogP contribution in [0, 0.1) is 0 Å². The van der Waals surface area contributed by atoms with E-state index in [1.807, 2.05) is 7.11 Å². The van der Waals surface area contributed by atoms with Crippen LogP contribution in [0.15, 0.2) is 0 Å². The van der Waals surface area contributed by atoms with Crippen molar-refractivity contribution < 1.29 is 4.43 Å². The van der Waals surface area contributed by atoms with Crippen molar-refractivity contribution in [2.24, 2.45) is 0 Å². The normalized spacial score (nSPS) is 21.6. The van der Waals surface area contributed by atoms with Gasteiger partial charge in [-0.3, -0.25) is 0 Å². The maximum atomic E-state index is 5.85. The molecule has 1 saturated heterocycles. The molecule has 2 nitrogen and oxygen atoms in total. The molecule has 0 bridgehead atoms. The summed E-state index contributed by atoms with van der Waals surface area (Å²) in [6.45, 7) is 7.26. The molecule has 0 N–H and O–H groups in total. The molecule has 0 amide bonds. The average molecular weight is 356 g/mol. The Bertz CT molecular complexity index is 287. The van der Waals surface area contributed by atoms with E-state index in [4.69, 9.17) is 4.43 Å². The lowest BCUT2D eigenvalue weighted by Gasteiger charge is -2.31. The third-order valence-corrected chi connectivity index (χ3v) is 9.90. The minimum Gasteiger partial charge on any atom is -0.406 e. The number of rotatable bonds is 16. The molecule has 1 unspecified atom stereocenters. The van der Waals surface area contributed by atoms with Gasteiger partial charge in [-0.15, -0.1) is 0 Å². The second-order valence-corrected chi connectivity index (χ2v) is 12.0. The quantitative estimate of drug-likeness (QED) is 0.221. The molecular weight excluding hydrogens is 310 g/mol. The van der Waals surface area contributed by atoms with Gasteiger partial charge in [0.05, 0.1) is 0 Å². The van der Waals surface area contributed by atoms with Crippen LogP contribution in [-0.2, 0) is 4.43 Å². The van der Waals surface area contributed by atoms with E-state index < -0.39 is 8.48 Å². The molecule has 1 aliphatic rings. The lowest BCUT2D eigenvalue weighted by molar-refractivity contribution is 0.311. The predicted molar refractivity (Wildman–Crippen MR) is 110 cm³/mol. The number of hydrogen-bond donors (Lipinski definition) is 0. The first-order valence-electron chi connectivity index (χ1n) is 11.0. The molecule has 1 atom stereocenters. The van der Waals surface area contributed by atoms with Gasteiger partial charge in [-0.2, -0.15) is 0 Å². The fourth-order valence-corrected chi connectivity index (χ4v) is 6.92. The van der Waals surface area contributed by atoms with Crippen LogP contribution in [0.1, 0.15) is 103 Å². The maximum absolute atomic E-state index is 5.85. The summed E-state index contributed by atoms with van der Waals surface area (Å²) in [5.74, 6) is 0. The van der Waals surface area contributed by atoms with Crippen LogP contribution in [0.5, 0.6) is 0 Å². The molecule has 24 heavy (non-hydrogen) atoms. The second kappa shape index (κ2) is 14.3. The SMILES string of the molecule is CCCCCCCCCCCCCCCCN1CCC[Si]1(C)OC. The predicted octanol–water partition coefficient (Wildman–Crippen LogP) is 6.89. The molecule has 1 fully saturated rings. The zero-order valence-electron chi connectivity index (χ0n) is 17.1. The summed E-state index contributed by atoms with van der Waals surface area (Å²) in [6.07, 6.45) is 21.6. The van der Waals surface area contributed by atoms with Crippen LogP contribution >= 0.6 is 0 Å². The van der Waals surface area contributed by atoms with E-state index in [2.05, 4.69) is 18.0 Å². The Labute approximate surface area is 153 Å². The van der Waals surface area contributed by atoms with E-state index in [1.54, 1.807) is 0 Å². The van der Waals surface area contributed by atoms with Gasteiger partial charge in [-0.1, -0.05) is 90.4 Å². The molecule has 0 radical (unpaired) electrons. The number of hydrogen-bond acceptors (Lipinski definition) is 2. The Hall–Kier alpha value is 0.137. The highest BCUT2D eigenvalue weighted by atomic mass is 28.4. The first-order chi connectivity index (χ1) is 11.7. The molecule has 1 aliphatic heterocycles. The highest BCUT2D eigenvalue weighted by Crippen LogP contribution is 2.26. The molecule has 3 heteroatoms. The van der Waals surface area contributed by atoms with Crippen LogP contribution in [0.2, 0.25) is 12.6 Å². The minimum absolute atomic E-state index is 1.29. The Morgan fingerprint density at radius 3 is 1.67 bits per heavy atom. The van der Waals surface area contributed by atoms with Gasteiger partial charge >= 0.3 is 0 Å². The summed E-state index contributed by atoms with van der Waals surface area (Å²) in [4.78, 5) is 0. The smallest absolute Gasteiger partial charge is 0.267 e. The van der Waals surface area contributed by atoms with Crippen LogP contribution in [0.4, 0.5) is 0 Å². The van der Waals surface area contributed by atoms with Crippen LogP contribution in [0.25, 0.3) is 0 Å². The molecule has 144 valence electrons. The van der Waals surface area contributed by atoms with Gasteiger partial charge in [0.1, 0.15) is 0 Å². The van der Waals surface area contributed by atoms with Crippen LogP contribution in [-0.4, -0.2) is 33.2 Å². The lowest BCUT2D eigenvalue weighted by Crippen LogP contribution is -2.48. The van der Waals surface area contributed by atoms with Gasteiger partial charge in [-0.25, -0.2) is 0 Å². The monoisotopic (exact) mass is 355 g/mol. The lowest BCUT2D eigenvalue weighted by atomic mass is 10.0. The van der Waals surface area contributed by atoms with E-state index >= 15 is 0 Å². The van der Waals surface area contributed by atoms with E-state index in [1.165, 1.54) is 115 Å². The molecule has 0 aromatic heterocycles. The summed E-state index contributed by atoms with van der Waals surface area (Å²) < 4.78 is 8.53. The Kier molecular flexibility index (Phi) is 13.2. The summed E-state index contributed by atoms with van der Waals surface area (Å²) in [7, 11) is 0.465. The fraction of sp³-hybridized carbons (Fsp3) is 1.00. The van der Waals surface area contributed by atoms with Gasteiger partial charge in [0.2, 0.25) is 0 Å². The first kappa shape index (κ1) is 22.2. The maximum Gasteiger partial charge on any atom is 0.267 e. The average Bonchev–Trinajstić information content (AvgIpc) is 2.96. The molecule has 0 aliphatic carbocycles. The molecule has 0 aromatic rings. The summed E-state index contributed by atoms with van der Waals surface area (Å²) in [5.41, 5.74) is 0. The van der Waals surface area contributed by atoms with Crippen LogP contribution < -0.4 is 0 Å². The summed E-state index contributed by atoms with van der Waals surface area (Å²) in [5, 5.41) is 0. The molecule has 0 aromatic carbocycles. The summed E-state index contributed by atoms with van der Waals surface area (Å²) >= 11 is 0. The number of nitrogens with zero attached hydrogens (tertiary/aromatic N) is 1. The van der Waals surface area contributed by atoms with Crippen molar-refractivity contribution in [3.05, 3.63) is 0 Å². The van der Waals surface area contributed by atoms with E-state index in [0.29, 0.717) is 0 Å². The summed E-state index contributed by atoms with van der Waals surface area (Å²) in [6, 6.07) is 1.34. The van der Waals surface area contributed by atoms with E-state index in [9.17, 15) is 0 Å². The highest BCUT2D eigenvalue weighted by molar-refractivity contribution is 6.70. The molecule has 1 rings (SSSR count). The molecule has 1 heterocycles. The van der Waals surface area contributed by atoms with Crippen molar-refractivity contribution in [1.29, 1.82) is 0 Å². The Morgan fingerprint density at radius 2 is 1.21 bits per heavy atom. The van der Waals surface area contributed by atoms with Crippen molar-refractivity contribution >= 4 is 8.48 Å². The van der Waals surface area contributed by atoms with Crippen molar-refractivity contribution in [2.75, 3.05) is 20.2 Å². The molecule has 0 spiro atoms. The number of unbranched alkanes of at least 4 members (excludes halogenated alkanes) is 13. The van der Waals surface area contributed by atoms with Crippen molar-refractivity contribution in [3.63, 3.8) is 0 Å². The standard InChI is InChI=1S/C21H45NOSi/c1-4-5-6-7-8-9-10-11-12-13-14-15-16-17-19-22-20-18-21-24(22,3)23-2/h4-21H2,1-3H3. The third kappa shape index (κ3) is 9.58. The zero-order valence-corrected chi connectivity index (χ0v) is 18.1. The molecular formula is C21H45NOSi. The van der Waals surface area contributed by atoms with Crippen LogP contribution in [0.3, 0.4) is 0 Å². The van der Waals surface area contributed by atoms with E-state index in [-0.39, 0.29) is 0 Å². The van der Waals surface area contributed by atoms with Gasteiger partial charge in [-0.05, 0) is 38.5 Å². The Morgan fingerprint density at radius 1 is 0.750 bits per heavy atom.